The van der Waals surface area contributed by atoms with Crippen LogP contribution in [0.25, 0.3) is 22.3 Å². The Bertz CT molecular complexity index is 1420. The lowest BCUT2D eigenvalue weighted by Crippen LogP contribution is -2.20. The summed E-state index contributed by atoms with van der Waals surface area (Å²) < 4.78 is 35.5. The van der Waals surface area contributed by atoms with E-state index in [0.29, 0.717) is 22.0 Å². The number of methoxy groups -OCH3 is 1. The number of aryl methyl sites for hydroxylation is 3. The molecule has 0 atom stereocenters. The summed E-state index contributed by atoms with van der Waals surface area (Å²) in [7, 11) is 2.98. The van der Waals surface area contributed by atoms with Gasteiger partial charge in [-0.1, -0.05) is 0 Å². The SMILES string of the molecule is COC(=O)c1c(NC(=O)Cn2nc(C)c3c(C(F)F)cc(-c4cnn(C)c4)nc32)sc(C)c1C. The Morgan fingerprint density at radius 2 is 2.00 bits per heavy atom. The molecule has 12 heteroatoms. The average molecular weight is 489 g/mol. The number of hydrogen-bond donors (Lipinski definition) is 1. The lowest BCUT2D eigenvalue weighted by molar-refractivity contribution is -0.116. The number of halogens is 2. The maximum atomic E-state index is 13.9. The van der Waals surface area contributed by atoms with E-state index >= 15 is 0 Å². The predicted molar refractivity (Wildman–Crippen MR) is 123 cm³/mol. The summed E-state index contributed by atoms with van der Waals surface area (Å²) in [5, 5.41) is 11.7. The molecule has 0 unspecified atom stereocenters. The van der Waals surface area contributed by atoms with Crippen molar-refractivity contribution in [3.05, 3.63) is 45.7 Å². The van der Waals surface area contributed by atoms with E-state index in [1.165, 1.54) is 35.4 Å². The molecular formula is C22H22F2N6O3S. The molecule has 0 aliphatic heterocycles. The van der Waals surface area contributed by atoms with Crippen molar-refractivity contribution in [2.24, 2.45) is 7.05 Å². The number of ether oxygens (including phenoxy) is 1. The quantitative estimate of drug-likeness (QED) is 0.409. The number of alkyl halides is 2. The molecule has 0 aromatic carbocycles. The van der Waals surface area contributed by atoms with Crippen LogP contribution in [0.3, 0.4) is 0 Å². The molecule has 4 rings (SSSR count). The third-order valence-corrected chi connectivity index (χ3v) is 6.59. The second-order valence-electron chi connectivity index (χ2n) is 7.77. The van der Waals surface area contributed by atoms with Crippen LogP contribution in [0.15, 0.2) is 18.5 Å². The molecule has 4 aromatic rings. The standard InChI is InChI=1S/C22H22F2N6O3S/c1-10-12(3)34-21(17(10)22(32)33-5)27-16(31)9-30-20-18(11(2)28-30)14(19(23)24)6-15(26-20)13-7-25-29(4)8-13/h6-8,19H,9H2,1-5H3,(H,27,31). The van der Waals surface area contributed by atoms with Crippen LogP contribution in [0, 0.1) is 20.8 Å². The van der Waals surface area contributed by atoms with Gasteiger partial charge in [0.15, 0.2) is 5.65 Å². The molecule has 0 saturated heterocycles. The van der Waals surface area contributed by atoms with E-state index in [9.17, 15) is 18.4 Å². The molecule has 0 aliphatic carbocycles. The smallest absolute Gasteiger partial charge is 0.341 e. The Hall–Kier alpha value is -3.67. The fourth-order valence-electron chi connectivity index (χ4n) is 3.74. The maximum Gasteiger partial charge on any atom is 0.341 e. The number of pyridine rings is 1. The minimum absolute atomic E-state index is 0.163. The molecule has 178 valence electrons. The van der Waals surface area contributed by atoms with Crippen molar-refractivity contribution in [2.45, 2.75) is 33.7 Å². The largest absolute Gasteiger partial charge is 0.465 e. The number of esters is 1. The molecule has 1 N–H and O–H groups in total. The third-order valence-electron chi connectivity index (χ3n) is 5.46. The Balaban J connectivity index is 1.73. The molecule has 34 heavy (non-hydrogen) atoms. The molecule has 0 spiro atoms. The molecule has 0 fully saturated rings. The van der Waals surface area contributed by atoms with Crippen LogP contribution >= 0.6 is 11.3 Å². The topological polar surface area (TPSA) is 104 Å². The van der Waals surface area contributed by atoms with Crippen molar-refractivity contribution in [3.8, 4) is 11.3 Å². The number of thiophene rings is 1. The summed E-state index contributed by atoms with van der Waals surface area (Å²) in [6.07, 6.45) is 0.435. The van der Waals surface area contributed by atoms with Gasteiger partial charge in [0, 0.05) is 29.2 Å². The molecular weight excluding hydrogens is 466 g/mol. The molecule has 0 radical (unpaired) electrons. The highest BCUT2D eigenvalue weighted by Gasteiger charge is 2.24. The first-order chi connectivity index (χ1) is 16.1. The highest BCUT2D eigenvalue weighted by atomic mass is 32.1. The summed E-state index contributed by atoms with van der Waals surface area (Å²) in [6.45, 7) is 4.92. The maximum absolute atomic E-state index is 13.9. The van der Waals surface area contributed by atoms with Gasteiger partial charge in [0.25, 0.3) is 6.43 Å². The van der Waals surface area contributed by atoms with Gasteiger partial charge in [-0.3, -0.25) is 9.48 Å². The van der Waals surface area contributed by atoms with Crippen molar-refractivity contribution < 1.29 is 23.1 Å². The number of fused-ring (bicyclic) bond motifs is 1. The predicted octanol–water partition coefficient (Wildman–Crippen LogP) is 4.18. The van der Waals surface area contributed by atoms with E-state index in [-0.39, 0.29) is 28.7 Å². The number of hydrogen-bond acceptors (Lipinski definition) is 7. The van der Waals surface area contributed by atoms with Crippen molar-refractivity contribution in [1.82, 2.24) is 24.5 Å². The van der Waals surface area contributed by atoms with E-state index in [1.807, 2.05) is 6.92 Å². The molecule has 1 amide bonds. The van der Waals surface area contributed by atoms with Crippen molar-refractivity contribution in [1.29, 1.82) is 0 Å². The number of carbonyl (C=O) groups excluding carboxylic acids is 2. The number of anilines is 1. The van der Waals surface area contributed by atoms with Gasteiger partial charge in [0.05, 0.1) is 35.6 Å². The normalized spacial score (nSPS) is 11.4. The number of nitrogens with zero attached hydrogens (tertiary/aromatic N) is 5. The minimum atomic E-state index is -2.76. The molecule has 0 saturated carbocycles. The first kappa shape index (κ1) is 23.5. The van der Waals surface area contributed by atoms with Crippen molar-refractivity contribution >= 4 is 39.2 Å². The van der Waals surface area contributed by atoms with Crippen LogP contribution in [-0.2, 0) is 23.1 Å². The fraction of sp³-hybridized carbons (Fsp3) is 0.318. The van der Waals surface area contributed by atoms with Crippen LogP contribution in [0.2, 0.25) is 0 Å². The minimum Gasteiger partial charge on any atom is -0.465 e. The summed E-state index contributed by atoms with van der Waals surface area (Å²) in [4.78, 5) is 30.5. The zero-order valence-corrected chi connectivity index (χ0v) is 20.0. The zero-order valence-electron chi connectivity index (χ0n) is 19.1. The number of rotatable bonds is 6. The van der Waals surface area contributed by atoms with Gasteiger partial charge in [-0.15, -0.1) is 11.3 Å². The first-order valence-corrected chi connectivity index (χ1v) is 11.1. The summed E-state index contributed by atoms with van der Waals surface area (Å²) in [5.74, 6) is -1.04. The Morgan fingerprint density at radius 1 is 1.26 bits per heavy atom. The molecule has 0 bridgehead atoms. The Labute approximate surface area is 197 Å². The second kappa shape index (κ2) is 8.93. The summed E-state index contributed by atoms with van der Waals surface area (Å²) in [5.41, 5.74) is 2.15. The van der Waals surface area contributed by atoms with Gasteiger partial charge in [0.2, 0.25) is 5.91 Å². The van der Waals surface area contributed by atoms with E-state index in [0.717, 1.165) is 10.4 Å². The highest BCUT2D eigenvalue weighted by Crippen LogP contribution is 2.34. The van der Waals surface area contributed by atoms with Crippen LogP contribution in [0.4, 0.5) is 13.8 Å². The van der Waals surface area contributed by atoms with Crippen LogP contribution < -0.4 is 5.32 Å². The molecule has 4 heterocycles. The number of nitrogens with one attached hydrogen (secondary N) is 1. The van der Waals surface area contributed by atoms with Crippen molar-refractivity contribution in [3.63, 3.8) is 0 Å². The Kier molecular flexibility index (Phi) is 6.17. The van der Waals surface area contributed by atoms with E-state index in [4.69, 9.17) is 4.74 Å². The first-order valence-electron chi connectivity index (χ1n) is 10.2. The van der Waals surface area contributed by atoms with Crippen LogP contribution in [0.1, 0.15) is 38.5 Å². The fourth-order valence-corrected chi connectivity index (χ4v) is 4.80. The summed E-state index contributed by atoms with van der Waals surface area (Å²) >= 11 is 1.25. The number of amides is 1. The van der Waals surface area contributed by atoms with E-state index in [2.05, 4.69) is 20.5 Å². The lowest BCUT2D eigenvalue weighted by Gasteiger charge is -2.09. The van der Waals surface area contributed by atoms with Gasteiger partial charge in [-0.05, 0) is 32.4 Å². The number of aromatic nitrogens is 5. The van der Waals surface area contributed by atoms with Gasteiger partial charge in [0.1, 0.15) is 11.5 Å². The van der Waals surface area contributed by atoms with Gasteiger partial charge < -0.3 is 10.1 Å². The van der Waals surface area contributed by atoms with Gasteiger partial charge in [-0.2, -0.15) is 10.2 Å². The molecule has 9 nitrogen and oxygen atoms in total. The monoisotopic (exact) mass is 488 g/mol. The van der Waals surface area contributed by atoms with E-state index < -0.39 is 18.3 Å². The zero-order chi connectivity index (χ0) is 24.7. The van der Waals surface area contributed by atoms with Crippen molar-refractivity contribution in [2.75, 3.05) is 12.4 Å². The third kappa shape index (κ3) is 4.16. The average Bonchev–Trinajstić information content (AvgIpc) is 3.43. The second-order valence-corrected chi connectivity index (χ2v) is 8.99. The van der Waals surface area contributed by atoms with Crippen LogP contribution in [-0.4, -0.2) is 43.5 Å². The van der Waals surface area contributed by atoms with Gasteiger partial charge >= 0.3 is 5.97 Å². The molecule has 4 aromatic heterocycles. The van der Waals surface area contributed by atoms with E-state index in [1.54, 1.807) is 31.8 Å². The highest BCUT2D eigenvalue weighted by molar-refractivity contribution is 7.16. The lowest BCUT2D eigenvalue weighted by atomic mass is 10.1. The van der Waals surface area contributed by atoms with Gasteiger partial charge in [-0.25, -0.2) is 23.2 Å². The number of carbonyl (C=O) groups is 2. The molecule has 0 aliphatic rings. The van der Waals surface area contributed by atoms with Crippen LogP contribution in [0.5, 0.6) is 0 Å². The Morgan fingerprint density at radius 3 is 2.62 bits per heavy atom. The summed E-state index contributed by atoms with van der Waals surface area (Å²) in [6, 6.07) is 1.32.